The third-order valence-electron chi connectivity index (χ3n) is 1.24. The summed E-state index contributed by atoms with van der Waals surface area (Å²) in [7, 11) is 0. The van der Waals surface area contributed by atoms with Crippen molar-refractivity contribution < 1.29 is 14.5 Å². The van der Waals surface area contributed by atoms with Gasteiger partial charge in [-0.1, -0.05) is 19.0 Å². The molecule has 0 atom stereocenters. The average Bonchev–Trinajstić information content (AvgIpc) is 2.24. The summed E-state index contributed by atoms with van der Waals surface area (Å²) in [5, 5.41) is 11.9. The highest BCUT2D eigenvalue weighted by Gasteiger charge is 2.11. The molecule has 0 unspecified atom stereocenters. The number of hydrogen-bond acceptors (Lipinski definition) is 5. The van der Waals surface area contributed by atoms with Crippen molar-refractivity contribution in [3.8, 4) is 6.07 Å². The molecule has 0 aromatic rings. The molecule has 0 fully saturated rings. The largest absolute Gasteiger partial charge is 0.395 e. The average molecular weight is 213 g/mol. The fourth-order valence-corrected chi connectivity index (χ4v) is 0.581. The third-order valence-corrected chi connectivity index (χ3v) is 1.24. The van der Waals surface area contributed by atoms with Gasteiger partial charge in [0.2, 0.25) is 5.71 Å². The molecule has 0 radical (unpaired) electrons. The zero-order valence-electron chi connectivity index (χ0n) is 8.95. The van der Waals surface area contributed by atoms with E-state index >= 15 is 0 Å². The van der Waals surface area contributed by atoms with Crippen LogP contribution in [0.3, 0.4) is 0 Å². The van der Waals surface area contributed by atoms with Gasteiger partial charge >= 0.3 is 5.91 Å². The van der Waals surface area contributed by atoms with E-state index in [1.807, 2.05) is 13.8 Å². The Morgan fingerprint density at radius 3 is 2.60 bits per heavy atom. The number of oxime groups is 1. The first-order valence-corrected chi connectivity index (χ1v) is 4.78. The fraction of sp³-hybridized carbons (Fsp3) is 0.667. The Kier molecular flexibility index (Phi) is 8.00. The second kappa shape index (κ2) is 8.97. The number of carbonyl (C=O) groups excluding carboxylic acids is 1. The van der Waals surface area contributed by atoms with Gasteiger partial charge in [0.15, 0.2) is 0 Å². The van der Waals surface area contributed by atoms with E-state index in [1.165, 1.54) is 0 Å². The fourth-order valence-electron chi connectivity index (χ4n) is 0.581. The van der Waals surface area contributed by atoms with E-state index in [4.69, 9.17) is 14.9 Å². The molecule has 0 aliphatic rings. The van der Waals surface area contributed by atoms with E-state index in [9.17, 15) is 4.79 Å². The molecule has 0 aliphatic carbocycles. The lowest BCUT2D eigenvalue weighted by molar-refractivity contribution is -0.126. The number of hydrogen-bond donors (Lipinski definition) is 1. The Bertz CT molecular complexity index is 258. The highest BCUT2D eigenvalue weighted by Crippen LogP contribution is 1.85. The summed E-state index contributed by atoms with van der Waals surface area (Å²) in [5.74, 6) is -0.693. The van der Waals surface area contributed by atoms with Crippen LogP contribution < -0.4 is 5.48 Å². The van der Waals surface area contributed by atoms with Crippen LogP contribution in [0.15, 0.2) is 5.16 Å². The number of hydroxylamine groups is 1. The maximum absolute atomic E-state index is 11.2. The molecule has 0 bridgehead atoms. The van der Waals surface area contributed by atoms with Gasteiger partial charge in [-0.3, -0.25) is 9.63 Å². The zero-order chi connectivity index (χ0) is 11.5. The first-order valence-electron chi connectivity index (χ1n) is 4.78. The van der Waals surface area contributed by atoms with Crippen molar-refractivity contribution in [3.63, 3.8) is 0 Å². The number of nitriles is 1. The lowest BCUT2D eigenvalue weighted by Gasteiger charge is -2.02. The van der Waals surface area contributed by atoms with Crippen LogP contribution in [0.25, 0.3) is 0 Å². The highest BCUT2D eigenvalue weighted by molar-refractivity contribution is 6.44. The zero-order valence-corrected chi connectivity index (χ0v) is 8.95. The number of carbonyl (C=O) groups is 1. The minimum absolute atomic E-state index is 0.348. The van der Waals surface area contributed by atoms with Crippen LogP contribution in [-0.2, 0) is 14.5 Å². The highest BCUT2D eigenvalue weighted by atomic mass is 16.7. The maximum Gasteiger partial charge on any atom is 0.307 e. The molecule has 0 aromatic carbocycles. The summed E-state index contributed by atoms with van der Waals surface area (Å²) in [4.78, 5) is 20.6. The molecule has 0 rings (SSSR count). The maximum atomic E-state index is 11.2. The van der Waals surface area contributed by atoms with Gasteiger partial charge in [0.1, 0.15) is 12.7 Å². The van der Waals surface area contributed by atoms with Crippen molar-refractivity contribution in [1.29, 1.82) is 5.26 Å². The molecule has 84 valence electrons. The Morgan fingerprint density at radius 2 is 2.07 bits per heavy atom. The van der Waals surface area contributed by atoms with Crippen molar-refractivity contribution in [2.24, 2.45) is 5.16 Å². The topological polar surface area (TPSA) is 83.7 Å². The molecule has 0 aromatic heterocycles. The van der Waals surface area contributed by atoms with Crippen LogP contribution >= 0.6 is 0 Å². The predicted molar refractivity (Wildman–Crippen MR) is 53.7 cm³/mol. The van der Waals surface area contributed by atoms with Crippen molar-refractivity contribution in [1.82, 2.24) is 5.48 Å². The summed E-state index contributed by atoms with van der Waals surface area (Å²) >= 11 is 0. The molecular formula is C9H15N3O3. The third kappa shape index (κ3) is 6.46. The van der Waals surface area contributed by atoms with Crippen LogP contribution in [0, 0.1) is 11.3 Å². The smallest absolute Gasteiger partial charge is 0.307 e. The van der Waals surface area contributed by atoms with Crippen molar-refractivity contribution in [2.75, 3.05) is 13.2 Å². The molecular weight excluding hydrogens is 198 g/mol. The Balaban J connectivity index is 4.00. The lowest BCUT2D eigenvalue weighted by Crippen LogP contribution is -2.30. The van der Waals surface area contributed by atoms with Gasteiger partial charge in [0.05, 0.1) is 6.61 Å². The quantitative estimate of drug-likeness (QED) is 0.384. The van der Waals surface area contributed by atoms with Gasteiger partial charge in [-0.05, 0) is 12.8 Å². The molecule has 1 N–H and O–H groups in total. The van der Waals surface area contributed by atoms with E-state index in [1.54, 1.807) is 6.07 Å². The van der Waals surface area contributed by atoms with Crippen LogP contribution in [0.4, 0.5) is 0 Å². The molecule has 15 heavy (non-hydrogen) atoms. The predicted octanol–water partition coefficient (Wildman–Crippen LogP) is 0.750. The Labute approximate surface area is 88.8 Å². The van der Waals surface area contributed by atoms with Crippen molar-refractivity contribution in [2.45, 2.75) is 26.7 Å². The standard InChI is InChI=1S/C9H15N3O3/c1-3-5-14-11-8(7-10)9(13)12-15-6-4-2/h3-6H2,1-2H3,(H,12,13)/b11-8-. The molecule has 0 saturated heterocycles. The summed E-state index contributed by atoms with van der Waals surface area (Å²) in [6.07, 6.45) is 1.53. The van der Waals surface area contributed by atoms with E-state index in [-0.39, 0.29) is 5.71 Å². The second-order valence-electron chi connectivity index (χ2n) is 2.66. The van der Waals surface area contributed by atoms with Gasteiger partial charge < -0.3 is 4.84 Å². The Hall–Kier alpha value is -1.61. The number of rotatable bonds is 7. The molecule has 0 saturated carbocycles. The lowest BCUT2D eigenvalue weighted by atomic mass is 10.4. The molecule has 1 amide bonds. The normalized spacial score (nSPS) is 10.6. The van der Waals surface area contributed by atoms with E-state index in [2.05, 4.69) is 10.6 Å². The molecule has 0 spiro atoms. The van der Waals surface area contributed by atoms with Gasteiger partial charge in [-0.15, -0.1) is 0 Å². The van der Waals surface area contributed by atoms with Crippen molar-refractivity contribution in [3.05, 3.63) is 0 Å². The van der Waals surface area contributed by atoms with E-state index in [0.29, 0.717) is 13.2 Å². The minimum atomic E-state index is -0.693. The van der Waals surface area contributed by atoms with Crippen LogP contribution in [0.2, 0.25) is 0 Å². The Morgan fingerprint density at radius 1 is 1.40 bits per heavy atom. The summed E-state index contributed by atoms with van der Waals surface area (Å²) in [6.45, 7) is 4.55. The van der Waals surface area contributed by atoms with Crippen LogP contribution in [0.1, 0.15) is 26.7 Å². The number of nitrogens with one attached hydrogen (secondary N) is 1. The SMILES string of the molecule is CCCO/N=C(/C#N)C(=O)NOCCC. The summed E-state index contributed by atoms with van der Waals surface area (Å²) < 4.78 is 0. The summed E-state index contributed by atoms with van der Waals surface area (Å²) in [5.41, 5.74) is 1.74. The monoisotopic (exact) mass is 213 g/mol. The van der Waals surface area contributed by atoms with Crippen molar-refractivity contribution >= 4 is 11.6 Å². The first kappa shape index (κ1) is 13.4. The summed E-state index contributed by atoms with van der Waals surface area (Å²) in [6, 6.07) is 1.62. The second-order valence-corrected chi connectivity index (χ2v) is 2.66. The molecule has 0 heterocycles. The minimum Gasteiger partial charge on any atom is -0.395 e. The number of amides is 1. The van der Waals surface area contributed by atoms with E-state index < -0.39 is 5.91 Å². The van der Waals surface area contributed by atoms with Gasteiger partial charge in [-0.2, -0.15) is 5.26 Å². The van der Waals surface area contributed by atoms with Gasteiger partial charge in [0, 0.05) is 0 Å². The molecule has 0 aliphatic heterocycles. The van der Waals surface area contributed by atoms with Crippen LogP contribution in [0.5, 0.6) is 0 Å². The van der Waals surface area contributed by atoms with Crippen LogP contribution in [-0.4, -0.2) is 24.8 Å². The molecule has 6 nitrogen and oxygen atoms in total. The number of nitrogens with zero attached hydrogens (tertiary/aromatic N) is 2. The first-order chi connectivity index (χ1) is 7.26. The van der Waals surface area contributed by atoms with Gasteiger partial charge in [-0.25, -0.2) is 5.48 Å². The van der Waals surface area contributed by atoms with Gasteiger partial charge in [0.25, 0.3) is 0 Å². The van der Waals surface area contributed by atoms with E-state index in [0.717, 1.165) is 12.8 Å². The molecule has 6 heteroatoms.